The third-order valence-electron chi connectivity index (χ3n) is 10.8. The summed E-state index contributed by atoms with van der Waals surface area (Å²) in [6.45, 7) is 2.99. The molecule has 46 heavy (non-hydrogen) atoms. The van der Waals surface area contributed by atoms with Crippen LogP contribution in [0.1, 0.15) is 61.8 Å². The van der Waals surface area contributed by atoms with Crippen LogP contribution in [-0.4, -0.2) is 81.1 Å². The van der Waals surface area contributed by atoms with Crippen molar-refractivity contribution < 1.29 is 36.6 Å². The number of nitrogens with zero attached hydrogens (tertiary/aromatic N) is 6. The maximum atomic E-state index is 16.9. The van der Waals surface area contributed by atoms with Crippen molar-refractivity contribution in [3.8, 4) is 17.4 Å². The van der Waals surface area contributed by atoms with Gasteiger partial charge in [0, 0.05) is 43.7 Å². The molecule has 246 valence electrons. The zero-order valence-corrected chi connectivity index (χ0v) is 25.4. The number of halogens is 5. The van der Waals surface area contributed by atoms with E-state index in [1.54, 1.807) is 0 Å². The number of hydrogen-bond acceptors (Lipinski definition) is 9. The minimum Gasteiger partial charge on any atom is -0.461 e. The number of anilines is 2. The molecule has 0 amide bonds. The minimum atomic E-state index is -4.95. The van der Waals surface area contributed by atoms with E-state index in [-0.39, 0.29) is 46.6 Å². The first-order valence-corrected chi connectivity index (χ1v) is 16.0. The van der Waals surface area contributed by atoms with Gasteiger partial charge in [-0.25, -0.2) is 13.8 Å². The fraction of sp³-hybridized carbons (Fsp3) is 0.613. The van der Waals surface area contributed by atoms with Crippen LogP contribution < -0.4 is 25.4 Å². The van der Waals surface area contributed by atoms with Gasteiger partial charge in [-0.1, -0.05) is 0 Å². The Morgan fingerprint density at radius 2 is 2.00 bits per heavy atom. The van der Waals surface area contributed by atoms with E-state index in [1.165, 1.54) is 6.92 Å². The number of nitrogen functional groups attached to an aromatic ring is 1. The maximum Gasteiger partial charge on any atom is 0.420 e. The number of pyridine rings is 2. The monoisotopic (exact) mass is 647 g/mol. The van der Waals surface area contributed by atoms with Crippen LogP contribution in [0, 0.1) is 12.7 Å². The zero-order chi connectivity index (χ0) is 32.1. The van der Waals surface area contributed by atoms with Crippen molar-refractivity contribution in [1.29, 1.82) is 0 Å². The van der Waals surface area contributed by atoms with E-state index in [2.05, 4.69) is 25.1 Å². The fourth-order valence-electron chi connectivity index (χ4n) is 8.78. The number of ether oxygens (including phenoxy) is 1. The Morgan fingerprint density at radius 3 is 2.80 bits per heavy atom. The number of aryl methyl sites for hydroxylation is 2. The van der Waals surface area contributed by atoms with Crippen molar-refractivity contribution >= 4 is 22.5 Å². The molecule has 3 aromatic rings. The predicted molar refractivity (Wildman–Crippen MR) is 157 cm³/mol. The van der Waals surface area contributed by atoms with Gasteiger partial charge in [0.15, 0.2) is 11.5 Å². The molecule has 5 aliphatic rings. The summed E-state index contributed by atoms with van der Waals surface area (Å²) in [5.41, 5.74) is 2.30. The topological polar surface area (TPSA) is 117 Å². The Morgan fingerprint density at radius 1 is 1.17 bits per heavy atom. The van der Waals surface area contributed by atoms with Gasteiger partial charge in [0.1, 0.15) is 29.7 Å². The number of nitrogens with two attached hydrogens (primary N) is 1. The summed E-state index contributed by atoms with van der Waals surface area (Å²) >= 11 is 0. The van der Waals surface area contributed by atoms with Gasteiger partial charge in [0.2, 0.25) is 5.69 Å². The molecule has 4 fully saturated rings. The third-order valence-corrected chi connectivity index (χ3v) is 10.8. The van der Waals surface area contributed by atoms with Crippen LogP contribution >= 0.6 is 0 Å². The smallest absolute Gasteiger partial charge is 0.420 e. The van der Waals surface area contributed by atoms with Crippen LogP contribution in [0.2, 0.25) is 0 Å². The summed E-state index contributed by atoms with van der Waals surface area (Å²) in [7, 11) is 0. The van der Waals surface area contributed by atoms with Gasteiger partial charge in [-0.05, 0) is 68.7 Å². The molecule has 5 aliphatic heterocycles. The maximum absolute atomic E-state index is 16.9. The first-order chi connectivity index (χ1) is 21.9. The van der Waals surface area contributed by atoms with Crippen molar-refractivity contribution in [1.82, 2.24) is 25.2 Å². The normalized spacial score (nSPS) is 29.1. The average Bonchev–Trinajstić information content (AvgIpc) is 3.66. The second-order valence-electron chi connectivity index (χ2n) is 13.6. The molecule has 2 bridgehead atoms. The second kappa shape index (κ2) is 10.5. The molecular formula is C31H36F5N8O2+. The molecule has 0 aliphatic carbocycles. The number of alkyl halides is 4. The highest BCUT2D eigenvalue weighted by molar-refractivity contribution is 5.95. The van der Waals surface area contributed by atoms with Gasteiger partial charge in [-0.2, -0.15) is 23.1 Å². The number of nitrogens with one attached hydrogen (secondary N) is 1. The largest absolute Gasteiger partial charge is 0.461 e. The third kappa shape index (κ3) is 4.55. The van der Waals surface area contributed by atoms with Crippen molar-refractivity contribution in [2.75, 3.05) is 36.9 Å². The lowest BCUT2D eigenvalue weighted by atomic mass is 9.93. The SMILES string of the molecule is Cc1cc(N)[n+](O)c(-c2nc3c4c(nc(OC[C@@]56CCCN5C[C@H](F)C6)nc4c2F)N2C[C@H]4CC[C@H](N4)[C@H]2CCC3)c1C(F)(F)F. The minimum absolute atomic E-state index is 0.0691. The molecule has 8 heterocycles. The molecule has 0 radical (unpaired) electrons. The summed E-state index contributed by atoms with van der Waals surface area (Å²) in [6, 6.07) is 1.34. The quantitative estimate of drug-likeness (QED) is 0.221. The highest BCUT2D eigenvalue weighted by atomic mass is 19.4. The van der Waals surface area contributed by atoms with Gasteiger partial charge >= 0.3 is 18.0 Å². The molecule has 15 heteroatoms. The molecule has 4 N–H and O–H groups in total. The molecule has 0 aromatic carbocycles. The molecule has 5 atom stereocenters. The highest BCUT2D eigenvalue weighted by Gasteiger charge is 2.50. The average molecular weight is 648 g/mol. The molecule has 0 saturated carbocycles. The molecule has 0 unspecified atom stereocenters. The van der Waals surface area contributed by atoms with Crippen LogP contribution in [0.5, 0.6) is 6.01 Å². The van der Waals surface area contributed by atoms with Crippen LogP contribution in [-0.2, 0) is 12.6 Å². The van der Waals surface area contributed by atoms with Gasteiger partial charge in [-0.3, -0.25) is 10.6 Å². The standard InChI is InChI=1S/C31H35F5N8O2/c1-15-10-21(37)44(45)27(23(15)31(34,35)36)26-24(33)25-22-19(39-26)4-2-5-20-18-7-6-17(38-18)13-43(20)28(22)41-29(40-25)46-14-30-8-3-9-42(30)12-16(32)11-30/h10,16-18,20,37-38,45H,2-9,11-14H2,1H3/p+1/t16-,17-,18+,20-,30+/m1/s1. The van der Waals surface area contributed by atoms with Crippen molar-refractivity contribution in [3.63, 3.8) is 0 Å². The Hall–Kier alpha value is -3.59. The molecule has 3 aromatic heterocycles. The van der Waals surface area contributed by atoms with Crippen molar-refractivity contribution in [3.05, 3.63) is 28.7 Å². The summed E-state index contributed by atoms with van der Waals surface area (Å²) in [6.07, 6.45) is -0.227. The van der Waals surface area contributed by atoms with E-state index in [4.69, 9.17) is 15.5 Å². The number of hydrogen-bond donors (Lipinski definition) is 3. The molecule has 10 nitrogen and oxygen atoms in total. The van der Waals surface area contributed by atoms with E-state index in [1.807, 2.05) is 0 Å². The Labute approximate surface area is 261 Å². The van der Waals surface area contributed by atoms with Crippen LogP contribution in [0.3, 0.4) is 0 Å². The molecule has 4 saturated heterocycles. The van der Waals surface area contributed by atoms with Crippen LogP contribution in [0.4, 0.5) is 33.6 Å². The summed E-state index contributed by atoms with van der Waals surface area (Å²) in [5.74, 6) is -1.12. The lowest BCUT2D eigenvalue weighted by Gasteiger charge is -2.43. The summed E-state index contributed by atoms with van der Waals surface area (Å²) in [5, 5.41) is 14.8. The van der Waals surface area contributed by atoms with Crippen molar-refractivity contribution in [2.24, 2.45) is 0 Å². The highest BCUT2D eigenvalue weighted by Crippen LogP contribution is 2.44. The lowest BCUT2D eigenvalue weighted by molar-refractivity contribution is -0.885. The van der Waals surface area contributed by atoms with E-state index >= 15 is 4.39 Å². The first kappa shape index (κ1) is 29.8. The second-order valence-corrected chi connectivity index (χ2v) is 13.6. The van der Waals surface area contributed by atoms with E-state index in [9.17, 15) is 22.8 Å². The van der Waals surface area contributed by atoms with Crippen LogP contribution in [0.25, 0.3) is 22.3 Å². The number of piperazine rings is 1. The molecular weight excluding hydrogens is 611 g/mol. The lowest BCUT2D eigenvalue weighted by Crippen LogP contribution is -2.58. The fourth-order valence-corrected chi connectivity index (χ4v) is 8.78. The Bertz CT molecular complexity index is 1740. The van der Waals surface area contributed by atoms with Gasteiger partial charge in [0.25, 0.3) is 0 Å². The van der Waals surface area contributed by atoms with Gasteiger partial charge < -0.3 is 20.2 Å². The number of fused-ring (bicyclic) bond motifs is 6. The number of aromatic nitrogens is 4. The van der Waals surface area contributed by atoms with Gasteiger partial charge in [-0.15, -0.1) is 0 Å². The molecule has 8 rings (SSSR count). The first-order valence-electron chi connectivity index (χ1n) is 16.0. The Balaban J connectivity index is 1.34. The van der Waals surface area contributed by atoms with Gasteiger partial charge in [0.05, 0.1) is 16.6 Å². The van der Waals surface area contributed by atoms with E-state index < -0.39 is 46.5 Å². The predicted octanol–water partition coefficient (Wildman–Crippen LogP) is 3.87. The zero-order valence-electron chi connectivity index (χ0n) is 25.4. The number of rotatable bonds is 4. The van der Waals surface area contributed by atoms with Crippen LogP contribution in [0.15, 0.2) is 6.07 Å². The van der Waals surface area contributed by atoms with E-state index in [0.717, 1.165) is 44.7 Å². The molecule has 0 spiro atoms. The summed E-state index contributed by atoms with van der Waals surface area (Å²) < 4.78 is 81.0. The van der Waals surface area contributed by atoms with E-state index in [0.29, 0.717) is 49.2 Å². The Kier molecular flexibility index (Phi) is 6.77. The summed E-state index contributed by atoms with van der Waals surface area (Å²) in [4.78, 5) is 18.0. The van der Waals surface area contributed by atoms with Crippen molar-refractivity contribution in [2.45, 2.75) is 94.3 Å².